The highest BCUT2D eigenvalue weighted by Crippen LogP contribution is 2.20. The van der Waals surface area contributed by atoms with Crippen LogP contribution in [0.3, 0.4) is 0 Å². The van der Waals surface area contributed by atoms with Gasteiger partial charge in [-0.3, -0.25) is 4.99 Å². The molecule has 0 saturated heterocycles. The minimum absolute atomic E-state index is 0.198. The van der Waals surface area contributed by atoms with Gasteiger partial charge in [0.25, 0.3) is 0 Å². The molecule has 2 rings (SSSR count). The van der Waals surface area contributed by atoms with Crippen LogP contribution >= 0.6 is 0 Å². The van der Waals surface area contributed by atoms with E-state index < -0.39 is 17.5 Å². The van der Waals surface area contributed by atoms with Gasteiger partial charge in [-0.05, 0) is 30.3 Å². The van der Waals surface area contributed by atoms with E-state index >= 15 is 0 Å². The van der Waals surface area contributed by atoms with Gasteiger partial charge >= 0.3 is 5.97 Å². The van der Waals surface area contributed by atoms with E-state index in [0.717, 1.165) is 18.3 Å². The average molecular weight is 339 g/mol. The number of nitrogens with zero attached hydrogens (tertiary/aromatic N) is 1. The third kappa shape index (κ3) is 4.47. The normalized spacial score (nSPS) is 12.0. The maximum absolute atomic E-state index is 13.0. The quantitative estimate of drug-likeness (QED) is 0.299. The lowest BCUT2D eigenvalue weighted by Gasteiger charge is -2.07. The van der Waals surface area contributed by atoms with E-state index in [0.29, 0.717) is 16.9 Å². The Balaban J connectivity index is 2.46. The smallest absolute Gasteiger partial charge is 0.343 e. The first-order valence-electron chi connectivity index (χ1n) is 7.21. The molecule has 0 heterocycles. The van der Waals surface area contributed by atoms with Crippen LogP contribution < -0.4 is 10.2 Å². The summed E-state index contributed by atoms with van der Waals surface area (Å²) in [5, 5.41) is 10.3. The van der Waals surface area contributed by atoms with E-state index in [4.69, 9.17) is 12.6 Å². The van der Waals surface area contributed by atoms with Crippen molar-refractivity contribution >= 4 is 36.9 Å². The topological polar surface area (TPSA) is 68.1 Å². The second-order valence-corrected chi connectivity index (χ2v) is 4.94. The molecule has 0 unspecified atom stereocenters. The number of benzene rings is 2. The number of esters is 1. The van der Waals surface area contributed by atoms with Crippen LogP contribution in [0.1, 0.15) is 5.56 Å². The van der Waals surface area contributed by atoms with Gasteiger partial charge in [0.05, 0.1) is 19.9 Å². The number of aliphatic hydroxyl groups is 1. The summed E-state index contributed by atoms with van der Waals surface area (Å²) in [5.41, 5.74) is 0.762. The summed E-state index contributed by atoms with van der Waals surface area (Å²) < 4.78 is 22.8. The van der Waals surface area contributed by atoms with Crippen molar-refractivity contribution in [3.63, 3.8) is 0 Å². The Kier molecular flexibility index (Phi) is 5.95. The van der Waals surface area contributed by atoms with Gasteiger partial charge in [-0.15, -0.1) is 0 Å². The second-order valence-electron chi connectivity index (χ2n) is 4.94. The largest absolute Gasteiger partial charge is 0.506 e. The van der Waals surface area contributed by atoms with Crippen LogP contribution in [0.25, 0.3) is 5.76 Å². The third-order valence-electron chi connectivity index (χ3n) is 3.35. The number of carbonyl (C=O) groups excluding carboxylic acids is 1. The molecule has 0 amide bonds. The molecule has 7 heteroatoms. The maximum Gasteiger partial charge on any atom is 0.343 e. The molecule has 25 heavy (non-hydrogen) atoms. The highest BCUT2D eigenvalue weighted by molar-refractivity contribution is 6.35. The van der Waals surface area contributed by atoms with Gasteiger partial charge in [0.2, 0.25) is 0 Å². The van der Waals surface area contributed by atoms with Gasteiger partial charge in [0.1, 0.15) is 30.7 Å². The van der Waals surface area contributed by atoms with Gasteiger partial charge in [0.15, 0.2) is 0 Å². The van der Waals surface area contributed by atoms with Crippen LogP contribution in [0.2, 0.25) is 0 Å². The van der Waals surface area contributed by atoms with E-state index in [1.165, 1.54) is 26.4 Å². The summed E-state index contributed by atoms with van der Waals surface area (Å²) in [4.78, 5) is 16.1. The van der Waals surface area contributed by atoms with Crippen molar-refractivity contribution in [2.45, 2.75) is 0 Å². The van der Waals surface area contributed by atoms with Crippen molar-refractivity contribution in [3.8, 4) is 5.75 Å². The Morgan fingerprint density at radius 3 is 2.48 bits per heavy atom. The molecule has 0 aliphatic rings. The first-order chi connectivity index (χ1) is 12.0. The van der Waals surface area contributed by atoms with Gasteiger partial charge in [-0.25, -0.2) is 9.18 Å². The number of ether oxygens (including phenoxy) is 2. The van der Waals surface area contributed by atoms with Crippen LogP contribution in [0.4, 0.5) is 10.1 Å². The van der Waals surface area contributed by atoms with E-state index in [-0.39, 0.29) is 11.1 Å². The molecular formula is C18H15BFNO4. The molecule has 0 saturated carbocycles. The van der Waals surface area contributed by atoms with Crippen molar-refractivity contribution in [3.05, 3.63) is 59.4 Å². The molecule has 2 aromatic rings. The zero-order valence-corrected chi connectivity index (χ0v) is 13.7. The Labute approximate surface area is 145 Å². The fourth-order valence-corrected chi connectivity index (χ4v) is 1.98. The minimum atomic E-state index is -0.799. The maximum atomic E-state index is 13.0. The van der Waals surface area contributed by atoms with Crippen LogP contribution in [0.15, 0.2) is 53.0 Å². The van der Waals surface area contributed by atoms with Crippen LogP contribution in [0.5, 0.6) is 5.75 Å². The fraction of sp³-hybridized carbons (Fsp3) is 0.111. The summed E-state index contributed by atoms with van der Waals surface area (Å²) in [7, 11) is 8.51. The zero-order chi connectivity index (χ0) is 18.4. The number of hydrogen-bond acceptors (Lipinski definition) is 5. The number of rotatable bonds is 5. The molecule has 0 aliphatic heterocycles. The highest BCUT2D eigenvalue weighted by Gasteiger charge is 2.16. The minimum Gasteiger partial charge on any atom is -0.506 e. The Bertz CT molecular complexity index is 831. The number of carbonyl (C=O) groups is 1. The van der Waals surface area contributed by atoms with Gasteiger partial charge in [0, 0.05) is 17.8 Å². The van der Waals surface area contributed by atoms with Gasteiger partial charge < -0.3 is 14.6 Å². The van der Waals surface area contributed by atoms with Crippen molar-refractivity contribution in [2.24, 2.45) is 4.99 Å². The molecule has 126 valence electrons. The van der Waals surface area contributed by atoms with Crippen molar-refractivity contribution in [1.82, 2.24) is 0 Å². The SMILES string of the molecule is [B]c1ccc(OC)cc1N=CC(C(=O)OC)=C(O)c1ccc(F)cc1. The standard InChI is InChI=1S/C18H15BFNO4/c1-24-13-7-8-15(19)16(9-13)21-10-14(18(23)25-2)17(22)11-3-5-12(20)6-4-11/h3-10,22H,1-2H3. The lowest BCUT2D eigenvalue weighted by Crippen LogP contribution is -2.10. The number of aliphatic imine (C=N–C) groups is 1. The summed E-state index contributed by atoms with van der Waals surface area (Å²) in [6.07, 6.45) is 1.13. The van der Waals surface area contributed by atoms with E-state index in [1.54, 1.807) is 18.2 Å². The number of methoxy groups -OCH3 is 2. The Hall–Kier alpha value is -3.09. The average Bonchev–Trinajstić information content (AvgIpc) is 2.63. The summed E-state index contributed by atoms with van der Waals surface area (Å²) in [6.45, 7) is 0. The molecule has 0 fully saturated rings. The van der Waals surface area contributed by atoms with Crippen molar-refractivity contribution < 1.29 is 23.8 Å². The van der Waals surface area contributed by atoms with Crippen molar-refractivity contribution in [1.29, 1.82) is 0 Å². The predicted octanol–water partition coefficient (Wildman–Crippen LogP) is 2.47. The predicted molar refractivity (Wildman–Crippen MR) is 94.5 cm³/mol. The van der Waals surface area contributed by atoms with E-state index in [1.807, 2.05) is 0 Å². The molecule has 0 atom stereocenters. The van der Waals surface area contributed by atoms with Crippen LogP contribution in [-0.4, -0.2) is 39.4 Å². The Morgan fingerprint density at radius 2 is 1.88 bits per heavy atom. The van der Waals surface area contributed by atoms with E-state index in [2.05, 4.69) is 9.73 Å². The molecule has 1 N–H and O–H groups in total. The molecule has 2 aromatic carbocycles. The van der Waals surface area contributed by atoms with Gasteiger partial charge in [-0.1, -0.05) is 11.5 Å². The summed E-state index contributed by atoms with van der Waals surface area (Å²) >= 11 is 0. The molecule has 0 aromatic heterocycles. The van der Waals surface area contributed by atoms with Crippen LogP contribution in [-0.2, 0) is 9.53 Å². The first-order valence-corrected chi connectivity index (χ1v) is 7.21. The lowest BCUT2D eigenvalue weighted by atomic mass is 9.94. The van der Waals surface area contributed by atoms with Crippen LogP contribution in [0, 0.1) is 5.82 Å². The number of halogens is 1. The zero-order valence-electron chi connectivity index (χ0n) is 13.7. The highest BCUT2D eigenvalue weighted by atomic mass is 19.1. The second kappa shape index (κ2) is 8.14. The lowest BCUT2D eigenvalue weighted by molar-refractivity contribution is -0.135. The van der Waals surface area contributed by atoms with Gasteiger partial charge in [-0.2, -0.15) is 0 Å². The molecule has 2 radical (unpaired) electrons. The molecule has 0 bridgehead atoms. The molecule has 0 spiro atoms. The summed E-state index contributed by atoms with van der Waals surface area (Å²) in [5.74, 6) is -1.12. The number of aliphatic hydroxyl groups excluding tert-OH is 1. The van der Waals surface area contributed by atoms with Crippen molar-refractivity contribution in [2.75, 3.05) is 14.2 Å². The molecular weight excluding hydrogens is 324 g/mol. The monoisotopic (exact) mass is 339 g/mol. The summed E-state index contributed by atoms with van der Waals surface area (Å²) in [6, 6.07) is 9.85. The number of hydrogen-bond donors (Lipinski definition) is 1. The third-order valence-corrected chi connectivity index (χ3v) is 3.35. The fourth-order valence-electron chi connectivity index (χ4n) is 1.98. The Morgan fingerprint density at radius 1 is 1.20 bits per heavy atom. The molecule has 5 nitrogen and oxygen atoms in total. The van der Waals surface area contributed by atoms with E-state index in [9.17, 15) is 14.3 Å². The molecule has 0 aliphatic carbocycles. The first kappa shape index (κ1) is 18.3.